The Balaban J connectivity index is 1.42. The van der Waals surface area contributed by atoms with Crippen LogP contribution in [0.15, 0.2) is 85.3 Å². The first kappa shape index (κ1) is 25.3. The van der Waals surface area contributed by atoms with Crippen LogP contribution in [0.2, 0.25) is 0 Å². The smallest absolute Gasteiger partial charge is 0.327 e. The van der Waals surface area contributed by atoms with Gasteiger partial charge in [0.1, 0.15) is 24.3 Å². The zero-order valence-corrected chi connectivity index (χ0v) is 21.6. The molecule has 3 aromatic carbocycles. The Kier molecular flexibility index (Phi) is 7.09. The molecule has 0 radical (unpaired) electrons. The number of nitrogens with zero attached hydrogens (tertiary/aromatic N) is 2. The van der Waals surface area contributed by atoms with Crippen molar-refractivity contribution in [2.75, 3.05) is 31.9 Å². The number of benzene rings is 3. The molecule has 10 heteroatoms. The minimum absolute atomic E-state index is 0.190. The second-order valence-electron chi connectivity index (χ2n) is 8.58. The molecule has 5 aromatic rings. The summed E-state index contributed by atoms with van der Waals surface area (Å²) in [5, 5.41) is 8.80. The number of nitrogens with one attached hydrogen (secondary N) is 4. The molecule has 196 valence electrons. The van der Waals surface area contributed by atoms with Crippen molar-refractivity contribution in [3.8, 4) is 22.8 Å². The van der Waals surface area contributed by atoms with E-state index in [9.17, 15) is 9.59 Å². The first-order valence-corrected chi connectivity index (χ1v) is 12.1. The second-order valence-corrected chi connectivity index (χ2v) is 8.58. The first-order valence-electron chi connectivity index (χ1n) is 12.1. The summed E-state index contributed by atoms with van der Waals surface area (Å²) < 4.78 is 12.7. The van der Waals surface area contributed by atoms with E-state index >= 15 is 0 Å². The van der Waals surface area contributed by atoms with E-state index in [0.29, 0.717) is 39.8 Å². The number of amides is 2. The Morgan fingerprint density at radius 3 is 2.38 bits per heavy atom. The van der Waals surface area contributed by atoms with Crippen LogP contribution in [0.4, 0.5) is 17.2 Å². The van der Waals surface area contributed by atoms with E-state index in [1.54, 1.807) is 57.7 Å². The fraction of sp³-hybridized carbons (Fsp3) is 0.103. The number of carbonyl (C=O) groups is 2. The molecule has 0 aliphatic heterocycles. The number of hydrogen-bond acceptors (Lipinski definition) is 6. The second kappa shape index (κ2) is 10.9. The molecule has 2 heterocycles. The maximum atomic E-state index is 13.0. The lowest BCUT2D eigenvalue weighted by molar-refractivity contribution is -0.509. The van der Waals surface area contributed by atoms with Crippen molar-refractivity contribution < 1.29 is 23.5 Å². The molecule has 2 amide bonds. The summed E-state index contributed by atoms with van der Waals surface area (Å²) in [6.45, 7) is 0. The van der Waals surface area contributed by atoms with Crippen molar-refractivity contribution in [3.63, 3.8) is 0 Å². The Bertz CT molecular complexity index is 1660. The summed E-state index contributed by atoms with van der Waals surface area (Å²) >= 11 is 0. The highest BCUT2D eigenvalue weighted by Gasteiger charge is 2.17. The minimum atomic E-state index is -0.274. The van der Waals surface area contributed by atoms with Crippen molar-refractivity contribution in [2.24, 2.45) is 0 Å². The number of aromatic nitrogens is 3. The van der Waals surface area contributed by atoms with E-state index in [-0.39, 0.29) is 11.8 Å². The third-order valence-electron chi connectivity index (χ3n) is 6.13. The van der Waals surface area contributed by atoms with E-state index in [1.807, 2.05) is 53.3 Å². The number of rotatable bonds is 8. The number of ether oxygens (including phenoxy) is 2. The molecule has 0 unspecified atom stereocenters. The number of hydrogen-bond donors (Lipinski definition) is 4. The van der Waals surface area contributed by atoms with Crippen molar-refractivity contribution in [3.05, 3.63) is 96.4 Å². The lowest BCUT2D eigenvalue weighted by Gasteiger charge is -2.11. The predicted molar refractivity (Wildman–Crippen MR) is 148 cm³/mol. The summed E-state index contributed by atoms with van der Waals surface area (Å²) in [5.74, 6) is 1.35. The van der Waals surface area contributed by atoms with Crippen LogP contribution in [0.3, 0.4) is 0 Å². The Labute approximate surface area is 224 Å². The zero-order chi connectivity index (χ0) is 27.4. The van der Waals surface area contributed by atoms with Crippen LogP contribution in [-0.4, -0.2) is 43.0 Å². The van der Waals surface area contributed by atoms with Gasteiger partial charge in [-0.05, 0) is 48.5 Å². The molecule has 10 nitrogen and oxygen atoms in total. The minimum Gasteiger partial charge on any atom is -0.493 e. The molecule has 0 aliphatic carbocycles. The maximum Gasteiger partial charge on any atom is 0.327 e. The molecular weight excluding hydrogens is 496 g/mol. The summed E-state index contributed by atoms with van der Waals surface area (Å²) in [6, 6.07) is 19.5. The molecule has 0 spiro atoms. The van der Waals surface area contributed by atoms with Gasteiger partial charge in [-0.2, -0.15) is 4.40 Å². The topological polar surface area (TPSA) is 121 Å². The normalized spacial score (nSPS) is 10.6. The number of anilines is 3. The lowest BCUT2D eigenvalue weighted by Crippen LogP contribution is -2.21. The molecule has 0 saturated heterocycles. The van der Waals surface area contributed by atoms with Crippen LogP contribution in [-0.2, 0) is 0 Å². The summed E-state index contributed by atoms with van der Waals surface area (Å²) in [7, 11) is 4.75. The predicted octanol–water partition coefficient (Wildman–Crippen LogP) is 4.19. The average Bonchev–Trinajstić information content (AvgIpc) is 3.46. The lowest BCUT2D eigenvalue weighted by atomic mass is 10.1. The van der Waals surface area contributed by atoms with Gasteiger partial charge >= 0.3 is 5.65 Å². The molecular formula is C29H27N6O4+. The maximum absolute atomic E-state index is 13.0. The standard InChI is InChI=1S/C29H26N6O4/c1-30-28(36)18-7-9-21(10-8-18)33-29(37)20-6-4-5-19(15-20)23-17-35-14-13-31-27(35)26(34-23)32-22-11-12-24(38-2)25(16-22)39-3/h4-17H,1-3H3,(H3,30,32,33,34,36,37)/p+1. The van der Waals surface area contributed by atoms with Gasteiger partial charge in [0.25, 0.3) is 11.8 Å². The van der Waals surface area contributed by atoms with Crippen molar-refractivity contribution in [1.29, 1.82) is 0 Å². The Morgan fingerprint density at radius 1 is 0.872 bits per heavy atom. The number of fused-ring (bicyclic) bond motifs is 1. The van der Waals surface area contributed by atoms with Crippen LogP contribution in [0, 0.1) is 0 Å². The number of imidazole rings is 1. The van der Waals surface area contributed by atoms with Gasteiger partial charge in [-0.25, -0.2) is 9.97 Å². The fourth-order valence-electron chi connectivity index (χ4n) is 4.13. The van der Waals surface area contributed by atoms with Gasteiger partial charge in [0.05, 0.1) is 14.2 Å². The highest BCUT2D eigenvalue weighted by Crippen LogP contribution is 2.31. The molecule has 0 atom stereocenters. The molecule has 5 rings (SSSR count). The third kappa shape index (κ3) is 5.35. The molecule has 4 N–H and O–H groups in total. The largest absolute Gasteiger partial charge is 0.493 e. The zero-order valence-electron chi connectivity index (χ0n) is 21.6. The van der Waals surface area contributed by atoms with Crippen LogP contribution in [0.1, 0.15) is 20.7 Å². The summed E-state index contributed by atoms with van der Waals surface area (Å²) in [4.78, 5) is 32.8. The number of aromatic amines is 1. The van der Waals surface area contributed by atoms with Gasteiger partial charge in [0, 0.05) is 41.2 Å². The van der Waals surface area contributed by atoms with Gasteiger partial charge in [-0.1, -0.05) is 12.1 Å². The molecule has 0 bridgehead atoms. The van der Waals surface area contributed by atoms with E-state index in [0.717, 1.165) is 16.9 Å². The van der Waals surface area contributed by atoms with E-state index < -0.39 is 0 Å². The summed E-state index contributed by atoms with van der Waals surface area (Å²) in [5.41, 5.74) is 4.54. The monoisotopic (exact) mass is 523 g/mol. The van der Waals surface area contributed by atoms with Crippen molar-refractivity contribution in [2.45, 2.75) is 0 Å². The van der Waals surface area contributed by atoms with Gasteiger partial charge in [-0.3, -0.25) is 9.59 Å². The van der Waals surface area contributed by atoms with Gasteiger partial charge in [0.2, 0.25) is 5.82 Å². The highest BCUT2D eigenvalue weighted by molar-refractivity contribution is 6.05. The van der Waals surface area contributed by atoms with Crippen molar-refractivity contribution in [1.82, 2.24) is 15.3 Å². The Hall–Kier alpha value is -5.38. The molecule has 2 aromatic heterocycles. The molecule has 0 aliphatic rings. The number of methoxy groups -OCH3 is 2. The van der Waals surface area contributed by atoms with Gasteiger partial charge < -0.3 is 25.4 Å². The van der Waals surface area contributed by atoms with Gasteiger partial charge in [-0.15, -0.1) is 0 Å². The van der Waals surface area contributed by atoms with E-state index in [1.165, 1.54) is 0 Å². The SMILES string of the molecule is CNC(=O)c1ccc(NC(=O)c2cccc(-c3c[n+]4cc[nH]c4c(Nc4ccc(OC)c(OC)c4)n3)c2)cc1. The van der Waals surface area contributed by atoms with Crippen molar-refractivity contribution >= 4 is 34.7 Å². The Morgan fingerprint density at radius 2 is 1.64 bits per heavy atom. The van der Waals surface area contributed by atoms with E-state index in [4.69, 9.17) is 14.5 Å². The third-order valence-corrected chi connectivity index (χ3v) is 6.13. The first-order chi connectivity index (χ1) is 19.0. The highest BCUT2D eigenvalue weighted by atomic mass is 16.5. The van der Waals surface area contributed by atoms with Crippen LogP contribution < -0.4 is 29.8 Å². The van der Waals surface area contributed by atoms with Crippen LogP contribution in [0.5, 0.6) is 11.5 Å². The number of H-pyrrole nitrogens is 1. The quantitative estimate of drug-likeness (QED) is 0.226. The average molecular weight is 524 g/mol. The number of carbonyl (C=O) groups excluding carboxylic acids is 2. The molecule has 0 saturated carbocycles. The summed E-state index contributed by atoms with van der Waals surface area (Å²) in [6.07, 6.45) is 5.60. The molecule has 0 fully saturated rings. The molecule has 39 heavy (non-hydrogen) atoms. The van der Waals surface area contributed by atoms with Gasteiger partial charge in [0.15, 0.2) is 11.5 Å². The fourth-order valence-corrected chi connectivity index (χ4v) is 4.13. The van der Waals surface area contributed by atoms with E-state index in [2.05, 4.69) is 20.9 Å². The van der Waals surface area contributed by atoms with Crippen LogP contribution >= 0.6 is 0 Å². The van der Waals surface area contributed by atoms with Crippen LogP contribution in [0.25, 0.3) is 16.9 Å².